The van der Waals surface area contributed by atoms with Crippen molar-refractivity contribution in [3.63, 3.8) is 0 Å². The van der Waals surface area contributed by atoms with Gasteiger partial charge >= 0.3 is 6.36 Å². The van der Waals surface area contributed by atoms with Crippen LogP contribution in [-0.2, 0) is 23.9 Å². The number of ketones is 1. The predicted octanol–water partition coefficient (Wildman–Crippen LogP) is 1.68. The summed E-state index contributed by atoms with van der Waals surface area (Å²) in [4.78, 5) is 50.4. The molecule has 3 N–H and O–H groups in total. The monoisotopic (exact) mass is 475 g/mol. The number of rotatable bonds is 10. The smallest absolute Gasteiger partial charge is 0.356 e. The van der Waals surface area contributed by atoms with Gasteiger partial charge in [0.25, 0.3) is 0 Å². The van der Waals surface area contributed by atoms with Crippen molar-refractivity contribution in [2.75, 3.05) is 19.7 Å². The van der Waals surface area contributed by atoms with Gasteiger partial charge in [-0.05, 0) is 49.9 Å². The van der Waals surface area contributed by atoms with E-state index >= 15 is 0 Å². The van der Waals surface area contributed by atoms with Crippen LogP contribution < -0.4 is 16.0 Å². The molecule has 1 spiro atoms. The number of amides is 3. The van der Waals surface area contributed by atoms with E-state index in [4.69, 9.17) is 0 Å². The van der Waals surface area contributed by atoms with Crippen molar-refractivity contribution in [1.29, 1.82) is 0 Å². The third kappa shape index (κ3) is 6.91. The molecule has 3 aliphatic rings. The lowest BCUT2D eigenvalue weighted by atomic mass is 9.91. The van der Waals surface area contributed by atoms with Crippen LogP contribution in [0.3, 0.4) is 0 Å². The Labute approximate surface area is 190 Å². The first-order chi connectivity index (χ1) is 15.4. The molecule has 3 fully saturated rings. The Morgan fingerprint density at radius 1 is 1.15 bits per heavy atom. The summed E-state index contributed by atoms with van der Waals surface area (Å²) in [6.45, 7) is 3.54. The lowest BCUT2D eigenvalue weighted by Gasteiger charge is -2.24. The maximum absolute atomic E-state index is 13.2. The molecule has 186 valence electrons. The molecule has 3 rings (SSSR count). The highest BCUT2D eigenvalue weighted by Gasteiger charge is 2.56. The summed E-state index contributed by atoms with van der Waals surface area (Å²) in [6, 6.07) is -1.30. The molecule has 1 aliphatic heterocycles. The molecule has 4 atom stereocenters. The summed E-state index contributed by atoms with van der Waals surface area (Å²) in [5.41, 5.74) is -0.0495. The number of ether oxygens (including phenoxy) is 1. The first-order valence-corrected chi connectivity index (χ1v) is 11.5. The van der Waals surface area contributed by atoms with Gasteiger partial charge in [0.05, 0.1) is 17.9 Å². The molecular formula is C22H32F3N3O5. The van der Waals surface area contributed by atoms with E-state index < -0.39 is 48.5 Å². The van der Waals surface area contributed by atoms with E-state index in [0.29, 0.717) is 32.4 Å². The molecule has 2 saturated carbocycles. The molecule has 33 heavy (non-hydrogen) atoms. The van der Waals surface area contributed by atoms with Crippen LogP contribution in [0.25, 0.3) is 0 Å². The highest BCUT2D eigenvalue weighted by Crippen LogP contribution is 2.61. The van der Waals surface area contributed by atoms with E-state index in [1.165, 1.54) is 0 Å². The fraction of sp³-hybridized carbons (Fsp3) is 0.818. The summed E-state index contributed by atoms with van der Waals surface area (Å²) in [7, 11) is 0. The average Bonchev–Trinajstić information content (AvgIpc) is 3.18. The van der Waals surface area contributed by atoms with Crippen molar-refractivity contribution < 1.29 is 37.1 Å². The van der Waals surface area contributed by atoms with E-state index in [2.05, 4.69) is 20.7 Å². The lowest BCUT2D eigenvalue weighted by molar-refractivity contribution is -0.321. The van der Waals surface area contributed by atoms with Crippen LogP contribution in [0.1, 0.15) is 52.4 Å². The quantitative estimate of drug-likeness (QED) is 0.445. The van der Waals surface area contributed by atoms with Crippen LogP contribution in [-0.4, -0.2) is 55.6 Å². The fourth-order valence-corrected chi connectivity index (χ4v) is 4.83. The zero-order valence-corrected chi connectivity index (χ0v) is 18.9. The molecule has 0 bridgehead atoms. The Balaban J connectivity index is 1.69. The number of alkyl halides is 3. The van der Waals surface area contributed by atoms with Crippen molar-refractivity contribution in [3.8, 4) is 0 Å². The van der Waals surface area contributed by atoms with Gasteiger partial charge in [-0.2, -0.15) is 0 Å². The Hall–Kier alpha value is -2.17. The number of halogens is 3. The van der Waals surface area contributed by atoms with Gasteiger partial charge in [-0.25, -0.2) is 0 Å². The number of nitrogens with one attached hydrogen (secondary N) is 3. The number of carbonyl (C=O) groups excluding carboxylic acids is 4. The Kier molecular flexibility index (Phi) is 7.70. The van der Waals surface area contributed by atoms with Gasteiger partial charge in [0.1, 0.15) is 6.61 Å². The normalized spacial score (nSPS) is 26.8. The summed E-state index contributed by atoms with van der Waals surface area (Å²) in [6.07, 6.45) is -1.74. The largest absolute Gasteiger partial charge is 0.522 e. The van der Waals surface area contributed by atoms with Gasteiger partial charge in [0, 0.05) is 19.0 Å². The molecular weight excluding hydrogens is 443 g/mol. The zero-order chi connectivity index (χ0) is 24.4. The maximum Gasteiger partial charge on any atom is 0.522 e. The molecule has 1 heterocycles. The molecule has 0 aromatic heterocycles. The molecule has 3 amide bonds. The summed E-state index contributed by atoms with van der Waals surface area (Å²) in [5.74, 6) is -3.58. The molecule has 1 saturated heterocycles. The second kappa shape index (κ2) is 9.99. The predicted molar refractivity (Wildman–Crippen MR) is 110 cm³/mol. The van der Waals surface area contributed by atoms with E-state index in [0.717, 1.165) is 12.8 Å². The van der Waals surface area contributed by atoms with Crippen LogP contribution in [0.2, 0.25) is 0 Å². The summed E-state index contributed by atoms with van der Waals surface area (Å²) < 4.78 is 41.0. The third-order valence-electron chi connectivity index (χ3n) is 6.87. The van der Waals surface area contributed by atoms with Gasteiger partial charge in [0.15, 0.2) is 5.78 Å². The minimum Gasteiger partial charge on any atom is -0.356 e. The third-order valence-corrected chi connectivity index (χ3v) is 6.87. The SMILES string of the molecule is CC(C)CNC(=O)[C@@H]1CC2(CC2)C[C@H]1C(=O)N[C@@H](C[C@@H]1CCNC1=O)C(=O)COC(F)(F)F. The molecule has 0 unspecified atom stereocenters. The van der Waals surface area contributed by atoms with E-state index in [9.17, 15) is 32.3 Å². The Morgan fingerprint density at radius 3 is 2.30 bits per heavy atom. The first kappa shape index (κ1) is 25.5. The van der Waals surface area contributed by atoms with Gasteiger partial charge in [0.2, 0.25) is 17.7 Å². The van der Waals surface area contributed by atoms with Gasteiger partial charge in [-0.3, -0.25) is 23.9 Å². The topological polar surface area (TPSA) is 114 Å². The van der Waals surface area contributed by atoms with Crippen molar-refractivity contribution in [2.45, 2.75) is 64.8 Å². The van der Waals surface area contributed by atoms with Crippen LogP contribution in [0.4, 0.5) is 13.2 Å². The number of Topliss-reactive ketones (excluding diaryl/α,β-unsaturated/α-hetero) is 1. The van der Waals surface area contributed by atoms with E-state index in [-0.39, 0.29) is 29.6 Å². The minimum absolute atomic E-state index is 0.0495. The van der Waals surface area contributed by atoms with E-state index in [1.807, 2.05) is 13.8 Å². The number of hydrogen-bond donors (Lipinski definition) is 3. The van der Waals surface area contributed by atoms with Crippen LogP contribution in [0, 0.1) is 29.1 Å². The second-order valence-electron chi connectivity index (χ2n) is 10.0. The Bertz CT molecular complexity index is 782. The molecule has 0 aromatic carbocycles. The fourth-order valence-electron chi connectivity index (χ4n) is 4.83. The van der Waals surface area contributed by atoms with Crippen molar-refractivity contribution >= 4 is 23.5 Å². The van der Waals surface area contributed by atoms with Gasteiger partial charge in [-0.15, -0.1) is 13.2 Å². The molecule has 0 aromatic rings. The second-order valence-corrected chi connectivity index (χ2v) is 10.0. The zero-order valence-electron chi connectivity index (χ0n) is 18.9. The number of hydrogen-bond acceptors (Lipinski definition) is 5. The van der Waals surface area contributed by atoms with Crippen LogP contribution in [0.5, 0.6) is 0 Å². The van der Waals surface area contributed by atoms with Gasteiger partial charge in [-0.1, -0.05) is 13.8 Å². The lowest BCUT2D eigenvalue weighted by Crippen LogP contribution is -2.49. The molecule has 0 radical (unpaired) electrons. The number of carbonyl (C=O) groups is 4. The minimum atomic E-state index is -4.99. The first-order valence-electron chi connectivity index (χ1n) is 11.5. The highest BCUT2D eigenvalue weighted by molar-refractivity contribution is 5.94. The molecule has 11 heteroatoms. The summed E-state index contributed by atoms with van der Waals surface area (Å²) in [5, 5.41) is 8.05. The molecule has 2 aliphatic carbocycles. The van der Waals surface area contributed by atoms with Crippen molar-refractivity contribution in [1.82, 2.24) is 16.0 Å². The van der Waals surface area contributed by atoms with Crippen LogP contribution >= 0.6 is 0 Å². The van der Waals surface area contributed by atoms with Crippen molar-refractivity contribution in [2.24, 2.45) is 29.1 Å². The average molecular weight is 476 g/mol. The van der Waals surface area contributed by atoms with Crippen LogP contribution in [0.15, 0.2) is 0 Å². The van der Waals surface area contributed by atoms with Crippen molar-refractivity contribution in [3.05, 3.63) is 0 Å². The standard InChI is InChI=1S/C22H32F3N3O5/c1-12(2)10-27-19(31)14-8-21(4-5-21)9-15(14)20(32)28-16(7-13-3-6-26-18(13)30)17(29)11-33-22(23,24)25/h12-16H,3-11H2,1-2H3,(H,26,30)(H,27,31)(H,28,32)/t13-,14+,15+,16-/m0/s1. The molecule has 8 nitrogen and oxygen atoms in total. The Morgan fingerprint density at radius 2 is 1.79 bits per heavy atom. The summed E-state index contributed by atoms with van der Waals surface area (Å²) >= 11 is 0. The highest BCUT2D eigenvalue weighted by atomic mass is 19.4. The van der Waals surface area contributed by atoms with E-state index in [1.54, 1.807) is 0 Å². The van der Waals surface area contributed by atoms with Gasteiger partial charge < -0.3 is 16.0 Å². The maximum atomic E-state index is 13.2.